The number of carbonyl (C=O) groups excluding carboxylic acids is 2. The lowest BCUT2D eigenvalue weighted by Crippen LogP contribution is -2.40. The molecule has 2 amide bonds. The predicted octanol–water partition coefficient (Wildman–Crippen LogP) is 2.72. The number of benzene rings is 2. The zero-order chi connectivity index (χ0) is 20.7. The van der Waals surface area contributed by atoms with Crippen molar-refractivity contribution >= 4 is 40.5 Å². The fourth-order valence-corrected chi connectivity index (χ4v) is 4.23. The van der Waals surface area contributed by atoms with Crippen LogP contribution in [0.3, 0.4) is 0 Å². The molecule has 1 fully saturated rings. The minimum Gasteiger partial charge on any atom is -0.493 e. The maximum Gasteiger partial charge on any atom is 0.256 e. The number of ether oxygens (including phenoxy) is 2. The van der Waals surface area contributed by atoms with Gasteiger partial charge in [-0.3, -0.25) is 14.5 Å². The van der Waals surface area contributed by atoms with Gasteiger partial charge >= 0.3 is 0 Å². The second kappa shape index (κ2) is 7.36. The van der Waals surface area contributed by atoms with Gasteiger partial charge < -0.3 is 19.7 Å². The standard InChI is InChI=1S/C21H21N3O4S/c1-12(25)22-15-4-6-16(7-5-15)24-20(26)17-8-13-9-18(27-2)19(28-3)10-14(13)11-23(17)21(24)29/h4-7,9-10,17H,8,11H2,1-3H3,(H,22,25). The lowest BCUT2D eigenvalue weighted by molar-refractivity contribution is -0.120. The first-order valence-electron chi connectivity index (χ1n) is 9.19. The number of hydrogen-bond acceptors (Lipinski definition) is 5. The third-order valence-electron chi connectivity index (χ3n) is 5.22. The highest BCUT2D eigenvalue weighted by atomic mass is 32.1. The summed E-state index contributed by atoms with van der Waals surface area (Å²) in [5.41, 5.74) is 3.48. The van der Waals surface area contributed by atoms with E-state index in [0.717, 1.165) is 11.1 Å². The Morgan fingerprint density at radius 1 is 1.10 bits per heavy atom. The van der Waals surface area contributed by atoms with E-state index in [9.17, 15) is 9.59 Å². The van der Waals surface area contributed by atoms with Gasteiger partial charge in [0, 0.05) is 25.6 Å². The molecule has 2 aromatic rings. The zero-order valence-corrected chi connectivity index (χ0v) is 17.2. The summed E-state index contributed by atoms with van der Waals surface area (Å²) in [6, 6.07) is 10.6. The average Bonchev–Trinajstić information content (AvgIpc) is 2.95. The number of nitrogens with one attached hydrogen (secondary N) is 1. The Hall–Kier alpha value is -3.13. The molecule has 1 atom stereocenters. The Morgan fingerprint density at radius 3 is 2.31 bits per heavy atom. The predicted molar refractivity (Wildman–Crippen MR) is 113 cm³/mol. The van der Waals surface area contributed by atoms with Crippen molar-refractivity contribution in [2.75, 3.05) is 24.4 Å². The summed E-state index contributed by atoms with van der Waals surface area (Å²) in [4.78, 5) is 27.9. The molecular formula is C21H21N3O4S. The molecule has 1 saturated heterocycles. The molecule has 2 heterocycles. The molecule has 1 N–H and O–H groups in total. The highest BCUT2D eigenvalue weighted by molar-refractivity contribution is 7.80. The monoisotopic (exact) mass is 411 g/mol. The lowest BCUT2D eigenvalue weighted by atomic mass is 9.94. The molecule has 0 spiro atoms. The van der Waals surface area contributed by atoms with Crippen LogP contribution in [0.4, 0.5) is 11.4 Å². The molecule has 2 aromatic carbocycles. The minimum atomic E-state index is -0.344. The van der Waals surface area contributed by atoms with Crippen LogP contribution in [-0.2, 0) is 22.6 Å². The molecular weight excluding hydrogens is 390 g/mol. The maximum absolute atomic E-state index is 13.2. The van der Waals surface area contributed by atoms with Crippen molar-refractivity contribution < 1.29 is 19.1 Å². The normalized spacial score (nSPS) is 17.7. The highest BCUT2D eigenvalue weighted by Gasteiger charge is 2.45. The van der Waals surface area contributed by atoms with Gasteiger partial charge in [-0.2, -0.15) is 0 Å². The summed E-state index contributed by atoms with van der Waals surface area (Å²) in [7, 11) is 3.20. The van der Waals surface area contributed by atoms with Crippen LogP contribution in [0.25, 0.3) is 0 Å². The molecule has 0 aromatic heterocycles. The first-order chi connectivity index (χ1) is 13.9. The molecule has 150 valence electrons. The third kappa shape index (κ3) is 3.29. The number of fused-ring (bicyclic) bond motifs is 2. The van der Waals surface area contributed by atoms with E-state index in [0.29, 0.717) is 41.0 Å². The molecule has 2 aliphatic rings. The van der Waals surface area contributed by atoms with Gasteiger partial charge in [-0.05, 0) is 59.7 Å². The number of anilines is 2. The fraction of sp³-hybridized carbons (Fsp3) is 0.286. The van der Waals surface area contributed by atoms with Gasteiger partial charge in [0.25, 0.3) is 5.91 Å². The molecule has 0 saturated carbocycles. The zero-order valence-electron chi connectivity index (χ0n) is 16.4. The van der Waals surface area contributed by atoms with Crippen molar-refractivity contribution in [3.05, 3.63) is 47.5 Å². The largest absolute Gasteiger partial charge is 0.493 e. The summed E-state index contributed by atoms with van der Waals surface area (Å²) < 4.78 is 10.8. The van der Waals surface area contributed by atoms with Crippen LogP contribution < -0.4 is 19.7 Å². The van der Waals surface area contributed by atoms with Crippen molar-refractivity contribution in [2.24, 2.45) is 0 Å². The molecule has 0 bridgehead atoms. The molecule has 4 rings (SSSR count). The first kappa shape index (κ1) is 19.2. The van der Waals surface area contributed by atoms with Crippen LogP contribution in [0.5, 0.6) is 11.5 Å². The van der Waals surface area contributed by atoms with E-state index in [2.05, 4.69) is 5.32 Å². The molecule has 29 heavy (non-hydrogen) atoms. The molecule has 2 aliphatic heterocycles. The number of carbonyl (C=O) groups is 2. The molecule has 1 unspecified atom stereocenters. The van der Waals surface area contributed by atoms with Gasteiger partial charge in [0.2, 0.25) is 5.91 Å². The van der Waals surface area contributed by atoms with Crippen LogP contribution in [0, 0.1) is 0 Å². The van der Waals surface area contributed by atoms with Gasteiger partial charge in [0.1, 0.15) is 6.04 Å². The third-order valence-corrected chi connectivity index (χ3v) is 5.64. The number of methoxy groups -OCH3 is 2. The van der Waals surface area contributed by atoms with Gasteiger partial charge in [-0.15, -0.1) is 0 Å². The summed E-state index contributed by atoms with van der Waals surface area (Å²) in [6.07, 6.45) is 0.551. The Balaban J connectivity index is 1.62. The van der Waals surface area contributed by atoms with Gasteiger partial charge in [-0.1, -0.05) is 0 Å². The van der Waals surface area contributed by atoms with Crippen LogP contribution in [0.15, 0.2) is 36.4 Å². The fourth-order valence-electron chi connectivity index (χ4n) is 3.84. The molecule has 8 heteroatoms. The Labute approximate surface area is 174 Å². The Kier molecular flexibility index (Phi) is 4.87. The highest BCUT2D eigenvalue weighted by Crippen LogP contribution is 2.38. The second-order valence-corrected chi connectivity index (χ2v) is 7.37. The summed E-state index contributed by atoms with van der Waals surface area (Å²) in [5.74, 6) is 1.11. The SMILES string of the molecule is COc1cc2c(cc1OC)CN1C(=S)N(c3ccc(NC(C)=O)cc3)C(=O)C1C2. The summed E-state index contributed by atoms with van der Waals surface area (Å²) in [6.45, 7) is 1.98. The van der Waals surface area contributed by atoms with Crippen molar-refractivity contribution in [3.63, 3.8) is 0 Å². The van der Waals surface area contributed by atoms with Gasteiger partial charge in [-0.25, -0.2) is 0 Å². The Morgan fingerprint density at radius 2 is 1.72 bits per heavy atom. The summed E-state index contributed by atoms with van der Waals surface area (Å²) >= 11 is 5.64. The van der Waals surface area contributed by atoms with E-state index in [1.165, 1.54) is 6.92 Å². The van der Waals surface area contributed by atoms with Crippen LogP contribution >= 0.6 is 12.2 Å². The second-order valence-electron chi connectivity index (χ2n) is 7.01. The van der Waals surface area contributed by atoms with E-state index in [-0.39, 0.29) is 17.9 Å². The lowest BCUT2D eigenvalue weighted by Gasteiger charge is -2.31. The van der Waals surface area contributed by atoms with Crippen molar-refractivity contribution in [1.82, 2.24) is 4.90 Å². The smallest absolute Gasteiger partial charge is 0.256 e. The number of hydrogen-bond donors (Lipinski definition) is 1. The summed E-state index contributed by atoms with van der Waals surface area (Å²) in [5, 5.41) is 3.20. The molecule has 0 radical (unpaired) electrons. The van der Waals surface area contributed by atoms with Crippen molar-refractivity contribution in [1.29, 1.82) is 0 Å². The average molecular weight is 411 g/mol. The number of rotatable bonds is 4. The quantitative estimate of drug-likeness (QED) is 0.780. The van der Waals surface area contributed by atoms with E-state index in [4.69, 9.17) is 21.7 Å². The van der Waals surface area contributed by atoms with Crippen LogP contribution in [0.2, 0.25) is 0 Å². The topological polar surface area (TPSA) is 71.1 Å². The maximum atomic E-state index is 13.2. The first-order valence-corrected chi connectivity index (χ1v) is 9.59. The number of amides is 2. The Bertz CT molecular complexity index is 955. The van der Waals surface area contributed by atoms with E-state index in [1.54, 1.807) is 43.4 Å². The molecule has 0 aliphatic carbocycles. The number of nitrogens with zero attached hydrogens (tertiary/aromatic N) is 2. The van der Waals surface area contributed by atoms with E-state index < -0.39 is 0 Å². The van der Waals surface area contributed by atoms with Gasteiger partial charge in [0.15, 0.2) is 16.6 Å². The molecule has 7 nitrogen and oxygen atoms in total. The van der Waals surface area contributed by atoms with Crippen LogP contribution in [0.1, 0.15) is 18.1 Å². The minimum absolute atomic E-state index is 0.0530. The van der Waals surface area contributed by atoms with Gasteiger partial charge in [0.05, 0.1) is 19.9 Å². The van der Waals surface area contributed by atoms with Crippen LogP contribution in [-0.4, -0.2) is 42.1 Å². The van der Waals surface area contributed by atoms with E-state index in [1.807, 2.05) is 17.0 Å². The number of thiocarbonyl (C=S) groups is 1. The van der Waals surface area contributed by atoms with E-state index >= 15 is 0 Å². The van der Waals surface area contributed by atoms with Crippen molar-refractivity contribution in [3.8, 4) is 11.5 Å². The van der Waals surface area contributed by atoms with Crippen molar-refractivity contribution in [2.45, 2.75) is 25.9 Å².